The van der Waals surface area contributed by atoms with Gasteiger partial charge in [0, 0.05) is 6.42 Å². The number of methoxy groups -OCH3 is 1. The van der Waals surface area contributed by atoms with Crippen LogP contribution < -0.4 is 10.6 Å². The molecule has 0 saturated heterocycles. The molecular weight excluding hydrogens is 412 g/mol. The third-order valence-corrected chi connectivity index (χ3v) is 4.62. The molecule has 8 nitrogen and oxygen atoms in total. The maximum absolute atomic E-state index is 13.3. The van der Waals surface area contributed by atoms with Crippen molar-refractivity contribution in [2.45, 2.75) is 70.7 Å². The molecule has 0 unspecified atom stereocenters. The summed E-state index contributed by atoms with van der Waals surface area (Å²) in [5, 5.41) is 16.8. The van der Waals surface area contributed by atoms with E-state index in [-0.39, 0.29) is 12.3 Å². The lowest BCUT2D eigenvalue weighted by Gasteiger charge is -2.36. The smallest absolute Gasteiger partial charge is 0.408 e. The topological polar surface area (TPSA) is 114 Å². The number of hydrogen-bond acceptors (Lipinski definition) is 6. The Morgan fingerprint density at radius 2 is 1.72 bits per heavy atom. The van der Waals surface area contributed by atoms with E-state index in [4.69, 9.17) is 9.47 Å². The van der Waals surface area contributed by atoms with E-state index in [9.17, 15) is 19.5 Å². The van der Waals surface area contributed by atoms with E-state index in [2.05, 4.69) is 17.2 Å². The number of alkyl carbamates (subject to hydrolysis) is 1. The number of aliphatic hydroxyl groups is 1. The molecule has 3 atom stereocenters. The van der Waals surface area contributed by atoms with E-state index in [1.54, 1.807) is 51.1 Å². The van der Waals surface area contributed by atoms with Crippen molar-refractivity contribution in [1.29, 1.82) is 0 Å². The molecule has 0 aromatic heterocycles. The summed E-state index contributed by atoms with van der Waals surface area (Å²) < 4.78 is 10.1. The average molecular weight is 449 g/mol. The first kappa shape index (κ1) is 27.2. The summed E-state index contributed by atoms with van der Waals surface area (Å²) in [5.41, 5.74) is -2.45. The van der Waals surface area contributed by atoms with Crippen molar-refractivity contribution in [3.05, 3.63) is 48.6 Å². The van der Waals surface area contributed by atoms with Crippen LogP contribution in [0.4, 0.5) is 4.79 Å². The van der Waals surface area contributed by atoms with Crippen molar-refractivity contribution in [3.63, 3.8) is 0 Å². The van der Waals surface area contributed by atoms with Gasteiger partial charge in [0.15, 0.2) is 5.60 Å². The van der Waals surface area contributed by atoms with Gasteiger partial charge in [-0.2, -0.15) is 0 Å². The summed E-state index contributed by atoms with van der Waals surface area (Å²) in [7, 11) is 1.23. The zero-order valence-electron chi connectivity index (χ0n) is 19.8. The highest BCUT2D eigenvalue weighted by Crippen LogP contribution is 2.31. The lowest BCUT2D eigenvalue weighted by Crippen LogP contribution is -2.59. The summed E-state index contributed by atoms with van der Waals surface area (Å²) in [6, 6.07) is 6.44. The third-order valence-electron chi connectivity index (χ3n) is 4.62. The van der Waals surface area contributed by atoms with Gasteiger partial charge in [0.2, 0.25) is 0 Å². The first-order valence-electron chi connectivity index (χ1n) is 10.6. The van der Waals surface area contributed by atoms with Gasteiger partial charge < -0.3 is 25.2 Å². The van der Waals surface area contributed by atoms with Gasteiger partial charge in [-0.25, -0.2) is 9.59 Å². The number of esters is 1. The van der Waals surface area contributed by atoms with Gasteiger partial charge in [-0.3, -0.25) is 4.79 Å². The molecule has 178 valence electrons. The molecule has 0 aliphatic heterocycles. The van der Waals surface area contributed by atoms with Crippen LogP contribution in [0.25, 0.3) is 0 Å². The van der Waals surface area contributed by atoms with Crippen LogP contribution in [0.3, 0.4) is 0 Å². The number of ether oxygens (including phenoxy) is 2. The second-order valence-electron chi connectivity index (χ2n) is 9.09. The first-order chi connectivity index (χ1) is 14.8. The second-order valence-corrected chi connectivity index (χ2v) is 9.09. The fourth-order valence-corrected chi connectivity index (χ4v) is 3.22. The predicted molar refractivity (Wildman–Crippen MR) is 122 cm³/mol. The molecular formula is C24H36N2O6. The Balaban J connectivity index is 3.37. The number of benzene rings is 1. The van der Waals surface area contributed by atoms with Crippen molar-refractivity contribution >= 4 is 18.0 Å². The van der Waals surface area contributed by atoms with Crippen LogP contribution >= 0.6 is 0 Å². The highest BCUT2D eigenvalue weighted by Gasteiger charge is 2.46. The van der Waals surface area contributed by atoms with Gasteiger partial charge in [-0.05, 0) is 38.7 Å². The molecule has 0 saturated carbocycles. The fraction of sp³-hybridized carbons (Fsp3) is 0.542. The van der Waals surface area contributed by atoms with Crippen molar-refractivity contribution in [2.75, 3.05) is 7.11 Å². The van der Waals surface area contributed by atoms with Crippen LogP contribution in [0.15, 0.2) is 43.0 Å². The normalized spacial score (nSPS) is 15.1. The Kier molecular flexibility index (Phi) is 9.90. The molecule has 3 N–H and O–H groups in total. The molecule has 1 aromatic rings. The van der Waals surface area contributed by atoms with Crippen LogP contribution in [-0.4, -0.2) is 47.4 Å². The van der Waals surface area contributed by atoms with Gasteiger partial charge in [-0.1, -0.05) is 50.3 Å². The van der Waals surface area contributed by atoms with Gasteiger partial charge in [-0.15, -0.1) is 6.58 Å². The standard InChI is InChI=1S/C24H36N2O6/c1-8-14-24(30,21(28)25-18(15-16(2)3)20(27)31-7)19(17-12-10-9-11-13-17)26-22(29)32-23(4,5)6/h8-13,16,18-19,30H,1,14-15H2,2-7H3,(H,25,28)(H,26,29)/t18-,19-,24+/m0/s1. The summed E-state index contributed by atoms with van der Waals surface area (Å²) >= 11 is 0. The Hall–Kier alpha value is -2.87. The number of carbonyl (C=O) groups is 3. The molecule has 0 aliphatic carbocycles. The molecule has 1 rings (SSSR count). The van der Waals surface area contributed by atoms with E-state index < -0.39 is 41.3 Å². The molecule has 0 fully saturated rings. The number of hydrogen-bond donors (Lipinski definition) is 3. The highest BCUT2D eigenvalue weighted by atomic mass is 16.6. The van der Waals surface area contributed by atoms with Crippen LogP contribution in [0.2, 0.25) is 0 Å². The van der Waals surface area contributed by atoms with E-state index in [1.807, 2.05) is 13.8 Å². The van der Waals surface area contributed by atoms with Gasteiger partial charge in [0.05, 0.1) is 13.2 Å². The lowest BCUT2D eigenvalue weighted by atomic mass is 9.84. The van der Waals surface area contributed by atoms with Crippen LogP contribution in [-0.2, 0) is 19.1 Å². The maximum atomic E-state index is 13.3. The third kappa shape index (κ3) is 8.00. The molecule has 0 bridgehead atoms. The quantitative estimate of drug-likeness (QED) is 0.374. The van der Waals surface area contributed by atoms with E-state index in [0.717, 1.165) is 0 Å². The Morgan fingerprint density at radius 3 is 2.19 bits per heavy atom. The molecule has 1 aromatic carbocycles. The zero-order valence-corrected chi connectivity index (χ0v) is 19.8. The molecule has 8 heteroatoms. The minimum Gasteiger partial charge on any atom is -0.467 e. The number of nitrogens with one attached hydrogen (secondary N) is 2. The Bertz CT molecular complexity index is 787. The monoisotopic (exact) mass is 448 g/mol. The largest absolute Gasteiger partial charge is 0.467 e. The van der Waals surface area contributed by atoms with Gasteiger partial charge in [0.1, 0.15) is 11.6 Å². The average Bonchev–Trinajstić information content (AvgIpc) is 2.69. The SMILES string of the molecule is C=CC[C@](O)(C(=O)N[C@@H](CC(C)C)C(=O)OC)[C@@H](NC(=O)OC(C)(C)C)c1ccccc1. The minimum absolute atomic E-state index is 0.0803. The lowest BCUT2D eigenvalue weighted by molar-refractivity contribution is -0.151. The summed E-state index contributed by atoms with van der Waals surface area (Å²) in [4.78, 5) is 38.1. The Labute approximate surface area is 190 Å². The highest BCUT2D eigenvalue weighted by molar-refractivity contribution is 5.91. The summed E-state index contributed by atoms with van der Waals surface area (Å²) in [6.45, 7) is 12.6. The molecule has 32 heavy (non-hydrogen) atoms. The number of amides is 2. The summed E-state index contributed by atoms with van der Waals surface area (Å²) in [5.74, 6) is -1.38. The fourth-order valence-electron chi connectivity index (χ4n) is 3.22. The van der Waals surface area contributed by atoms with Crippen molar-refractivity contribution < 1.29 is 29.0 Å². The van der Waals surface area contributed by atoms with Crippen LogP contribution in [0.1, 0.15) is 59.1 Å². The first-order valence-corrected chi connectivity index (χ1v) is 10.6. The molecule has 0 radical (unpaired) electrons. The minimum atomic E-state index is -2.15. The van der Waals surface area contributed by atoms with Crippen LogP contribution in [0.5, 0.6) is 0 Å². The molecule has 2 amide bonds. The Morgan fingerprint density at radius 1 is 1.12 bits per heavy atom. The molecule has 0 spiro atoms. The molecule has 0 heterocycles. The van der Waals surface area contributed by atoms with E-state index in [1.165, 1.54) is 13.2 Å². The predicted octanol–water partition coefficient (Wildman–Crippen LogP) is 3.26. The number of carbonyl (C=O) groups excluding carboxylic acids is 3. The van der Waals surface area contributed by atoms with Gasteiger partial charge in [0.25, 0.3) is 5.91 Å². The van der Waals surface area contributed by atoms with Crippen molar-refractivity contribution in [2.24, 2.45) is 5.92 Å². The molecule has 0 aliphatic rings. The number of rotatable bonds is 10. The van der Waals surface area contributed by atoms with Crippen molar-refractivity contribution in [3.8, 4) is 0 Å². The van der Waals surface area contributed by atoms with Gasteiger partial charge >= 0.3 is 12.1 Å². The maximum Gasteiger partial charge on any atom is 0.408 e. The van der Waals surface area contributed by atoms with E-state index in [0.29, 0.717) is 12.0 Å². The van der Waals surface area contributed by atoms with Crippen molar-refractivity contribution in [1.82, 2.24) is 10.6 Å². The zero-order chi connectivity index (χ0) is 24.5. The van der Waals surface area contributed by atoms with Crippen LogP contribution in [0, 0.1) is 5.92 Å². The summed E-state index contributed by atoms with van der Waals surface area (Å²) in [6.07, 6.45) is 0.706. The second kappa shape index (κ2) is 11.7. The van der Waals surface area contributed by atoms with E-state index >= 15 is 0 Å².